The number of carbonyl (C=O) groups is 1. The first kappa shape index (κ1) is 22.2. The van der Waals surface area contributed by atoms with Crippen LogP contribution in [0, 0.1) is 6.92 Å². The van der Waals surface area contributed by atoms with Crippen molar-refractivity contribution in [2.24, 2.45) is 0 Å². The Balaban J connectivity index is 1.71. The number of benzene rings is 1. The number of sulfonamides is 1. The Kier molecular flexibility index (Phi) is 7.06. The van der Waals surface area contributed by atoms with Crippen molar-refractivity contribution < 1.29 is 17.6 Å². The topological polar surface area (TPSA) is 92.5 Å². The van der Waals surface area contributed by atoms with Crippen LogP contribution in [0.2, 0.25) is 0 Å². The van der Waals surface area contributed by atoms with E-state index in [1.807, 2.05) is 32.9 Å². The molecule has 3 aromatic rings. The zero-order valence-corrected chi connectivity index (χ0v) is 18.8. The van der Waals surface area contributed by atoms with Gasteiger partial charge in [-0.2, -0.15) is 4.31 Å². The third-order valence-corrected chi connectivity index (χ3v) is 7.09. The van der Waals surface area contributed by atoms with E-state index in [4.69, 9.17) is 4.42 Å². The molecule has 0 aliphatic rings. The summed E-state index contributed by atoms with van der Waals surface area (Å²) in [4.78, 5) is 17.1. The fourth-order valence-electron chi connectivity index (χ4n) is 2.96. The summed E-state index contributed by atoms with van der Waals surface area (Å²) < 4.78 is 32.7. The predicted molar refractivity (Wildman–Crippen MR) is 118 cm³/mol. The highest BCUT2D eigenvalue weighted by molar-refractivity contribution is 7.89. The average molecular weight is 448 g/mol. The van der Waals surface area contributed by atoms with Gasteiger partial charge in [-0.1, -0.05) is 13.8 Å². The van der Waals surface area contributed by atoms with Gasteiger partial charge < -0.3 is 4.42 Å². The zero-order chi connectivity index (χ0) is 21.7. The van der Waals surface area contributed by atoms with Gasteiger partial charge in [0.2, 0.25) is 10.0 Å². The average Bonchev–Trinajstić information content (AvgIpc) is 3.36. The molecule has 3 rings (SSSR count). The molecule has 0 saturated carbocycles. The van der Waals surface area contributed by atoms with Gasteiger partial charge in [-0.25, -0.2) is 13.4 Å². The first-order chi connectivity index (χ1) is 14.3. The maximum Gasteiger partial charge on any atom is 0.257 e. The lowest BCUT2D eigenvalue weighted by atomic mass is 10.2. The number of aromatic nitrogens is 1. The molecule has 0 saturated heterocycles. The first-order valence-electron chi connectivity index (χ1n) is 9.79. The molecule has 2 aromatic heterocycles. The van der Waals surface area contributed by atoms with E-state index < -0.39 is 10.0 Å². The second-order valence-electron chi connectivity index (χ2n) is 6.83. The molecule has 0 unspecified atom stereocenters. The number of hydrogen-bond donors (Lipinski definition) is 1. The van der Waals surface area contributed by atoms with Gasteiger partial charge in [0.1, 0.15) is 11.5 Å². The molecule has 30 heavy (non-hydrogen) atoms. The molecule has 160 valence electrons. The third kappa shape index (κ3) is 4.97. The molecule has 7 nitrogen and oxygen atoms in total. The Morgan fingerprint density at radius 1 is 1.10 bits per heavy atom. The highest BCUT2D eigenvalue weighted by atomic mass is 32.2. The van der Waals surface area contributed by atoms with E-state index in [1.165, 1.54) is 39.9 Å². The van der Waals surface area contributed by atoms with E-state index >= 15 is 0 Å². The van der Waals surface area contributed by atoms with Crippen molar-refractivity contribution in [2.45, 2.75) is 38.5 Å². The van der Waals surface area contributed by atoms with Gasteiger partial charge in [-0.15, -0.1) is 11.3 Å². The molecule has 0 aliphatic carbocycles. The molecule has 1 amide bonds. The van der Waals surface area contributed by atoms with Gasteiger partial charge in [0, 0.05) is 24.0 Å². The van der Waals surface area contributed by atoms with Crippen molar-refractivity contribution in [3.05, 3.63) is 53.1 Å². The van der Waals surface area contributed by atoms with Crippen molar-refractivity contribution in [1.29, 1.82) is 0 Å². The van der Waals surface area contributed by atoms with Crippen LogP contribution in [-0.4, -0.2) is 36.7 Å². The maximum atomic E-state index is 12.8. The number of thiazole rings is 1. The molecule has 1 N–H and O–H groups in total. The van der Waals surface area contributed by atoms with E-state index in [2.05, 4.69) is 10.3 Å². The van der Waals surface area contributed by atoms with Crippen LogP contribution in [0.15, 0.2) is 51.1 Å². The fourth-order valence-corrected chi connectivity index (χ4v) is 5.28. The van der Waals surface area contributed by atoms with Crippen molar-refractivity contribution in [2.75, 3.05) is 18.4 Å². The van der Waals surface area contributed by atoms with Gasteiger partial charge in [-0.05, 0) is 56.2 Å². The summed E-state index contributed by atoms with van der Waals surface area (Å²) in [5.74, 6) is 1.08. The number of amides is 1. The van der Waals surface area contributed by atoms with E-state index in [1.54, 1.807) is 5.38 Å². The van der Waals surface area contributed by atoms with Crippen LogP contribution in [0.4, 0.5) is 5.13 Å². The van der Waals surface area contributed by atoms with E-state index in [0.29, 0.717) is 35.2 Å². The summed E-state index contributed by atoms with van der Waals surface area (Å²) in [7, 11) is -3.57. The molecular weight excluding hydrogens is 422 g/mol. The largest absolute Gasteiger partial charge is 0.460 e. The second-order valence-corrected chi connectivity index (χ2v) is 9.63. The summed E-state index contributed by atoms with van der Waals surface area (Å²) >= 11 is 1.29. The predicted octanol–water partition coefficient (Wildman–Crippen LogP) is 4.77. The van der Waals surface area contributed by atoms with E-state index in [0.717, 1.165) is 18.6 Å². The lowest BCUT2D eigenvalue weighted by Gasteiger charge is -2.21. The maximum absolute atomic E-state index is 12.8. The number of rotatable bonds is 9. The van der Waals surface area contributed by atoms with Crippen molar-refractivity contribution >= 4 is 32.4 Å². The van der Waals surface area contributed by atoms with Gasteiger partial charge in [0.25, 0.3) is 5.91 Å². The number of nitrogens with one attached hydrogen (secondary N) is 1. The summed E-state index contributed by atoms with van der Waals surface area (Å²) in [6.07, 6.45) is 1.49. The molecule has 0 bridgehead atoms. The van der Waals surface area contributed by atoms with Crippen LogP contribution in [0.1, 0.15) is 42.8 Å². The normalized spacial score (nSPS) is 11.7. The molecule has 1 aromatic carbocycles. The number of hydrogen-bond acceptors (Lipinski definition) is 6. The Hall–Kier alpha value is -2.49. The van der Waals surface area contributed by atoms with Crippen LogP contribution in [-0.2, 0) is 10.0 Å². The minimum absolute atomic E-state index is 0.186. The number of aryl methyl sites for hydroxylation is 1. The third-order valence-electron chi connectivity index (χ3n) is 4.42. The van der Waals surface area contributed by atoms with Gasteiger partial charge in [-0.3, -0.25) is 10.1 Å². The Labute approximate surface area is 180 Å². The van der Waals surface area contributed by atoms with Crippen molar-refractivity contribution in [1.82, 2.24) is 9.29 Å². The SMILES string of the molecule is CCCN(CCC)S(=O)(=O)c1ccc(C(=O)Nc2nc(-c3ccc(C)o3)cs2)cc1. The molecule has 0 spiro atoms. The molecule has 0 aliphatic heterocycles. The lowest BCUT2D eigenvalue weighted by Crippen LogP contribution is -2.32. The summed E-state index contributed by atoms with van der Waals surface area (Å²) in [6.45, 7) is 6.69. The minimum Gasteiger partial charge on any atom is -0.460 e. The minimum atomic E-state index is -3.57. The van der Waals surface area contributed by atoms with Crippen LogP contribution < -0.4 is 5.32 Å². The van der Waals surface area contributed by atoms with Crippen LogP contribution >= 0.6 is 11.3 Å². The van der Waals surface area contributed by atoms with Crippen LogP contribution in [0.5, 0.6) is 0 Å². The van der Waals surface area contributed by atoms with Crippen molar-refractivity contribution in [3.63, 3.8) is 0 Å². The molecular formula is C21H25N3O4S2. The molecule has 9 heteroatoms. The monoisotopic (exact) mass is 447 g/mol. The smallest absolute Gasteiger partial charge is 0.257 e. The number of furan rings is 1. The fraction of sp³-hybridized carbons (Fsp3) is 0.333. The number of anilines is 1. The summed E-state index contributed by atoms with van der Waals surface area (Å²) in [6, 6.07) is 9.66. The number of carbonyl (C=O) groups excluding carboxylic acids is 1. The highest BCUT2D eigenvalue weighted by Gasteiger charge is 2.23. The summed E-state index contributed by atoms with van der Waals surface area (Å²) in [5.41, 5.74) is 1.01. The molecule has 0 fully saturated rings. The lowest BCUT2D eigenvalue weighted by molar-refractivity contribution is 0.102. The standard InChI is InChI=1S/C21H25N3O4S2/c1-4-12-24(13-5-2)30(26,27)17-9-7-16(8-10-17)20(25)23-21-22-18(14-29-21)19-11-6-15(3)28-19/h6-11,14H,4-5,12-13H2,1-3H3,(H,22,23,25). The summed E-state index contributed by atoms with van der Waals surface area (Å²) in [5, 5.41) is 4.99. The quantitative estimate of drug-likeness (QED) is 0.510. The van der Waals surface area contributed by atoms with Crippen LogP contribution in [0.25, 0.3) is 11.5 Å². The Morgan fingerprint density at radius 3 is 2.33 bits per heavy atom. The molecule has 0 radical (unpaired) electrons. The Morgan fingerprint density at radius 2 is 1.77 bits per heavy atom. The van der Waals surface area contributed by atoms with Gasteiger partial charge in [0.05, 0.1) is 4.90 Å². The molecule has 2 heterocycles. The highest BCUT2D eigenvalue weighted by Crippen LogP contribution is 2.27. The van der Waals surface area contributed by atoms with Gasteiger partial charge in [0.15, 0.2) is 10.9 Å². The van der Waals surface area contributed by atoms with Crippen molar-refractivity contribution in [3.8, 4) is 11.5 Å². The van der Waals surface area contributed by atoms with E-state index in [-0.39, 0.29) is 10.8 Å². The zero-order valence-electron chi connectivity index (χ0n) is 17.2. The molecule has 0 atom stereocenters. The Bertz CT molecular complexity index is 1100. The van der Waals surface area contributed by atoms with E-state index in [9.17, 15) is 13.2 Å². The van der Waals surface area contributed by atoms with Gasteiger partial charge >= 0.3 is 0 Å². The second kappa shape index (κ2) is 9.55. The van der Waals surface area contributed by atoms with Crippen LogP contribution in [0.3, 0.4) is 0 Å². The first-order valence-corrected chi connectivity index (χ1v) is 12.1. The number of nitrogens with zero attached hydrogens (tertiary/aromatic N) is 2.